The first-order chi connectivity index (χ1) is 12.9. The number of benzene rings is 1. The third-order valence-electron chi connectivity index (χ3n) is 4.11. The van der Waals surface area contributed by atoms with Gasteiger partial charge in [0.1, 0.15) is 11.7 Å². The monoisotopic (exact) mass is 381 g/mol. The fraction of sp³-hybridized carbons (Fsp3) is 0.294. The molecule has 0 radical (unpaired) electrons. The highest BCUT2D eigenvalue weighted by Crippen LogP contribution is 2.36. The Morgan fingerprint density at radius 2 is 2.00 bits per heavy atom. The Bertz CT molecular complexity index is 869. The molecular formula is C17H14F3N3O4. The smallest absolute Gasteiger partial charge is 0.421 e. The van der Waals surface area contributed by atoms with Gasteiger partial charge in [-0.25, -0.2) is 9.78 Å². The van der Waals surface area contributed by atoms with E-state index in [1.54, 1.807) is 18.2 Å². The number of carbonyl (C=O) groups excluding carboxylic acids is 1. The zero-order valence-electron chi connectivity index (χ0n) is 13.8. The van der Waals surface area contributed by atoms with Crippen LogP contribution in [0.25, 0.3) is 0 Å². The molecule has 1 N–H and O–H groups in total. The quantitative estimate of drug-likeness (QED) is 0.885. The Kier molecular flexibility index (Phi) is 4.17. The fourth-order valence-corrected chi connectivity index (χ4v) is 2.71. The van der Waals surface area contributed by atoms with Crippen LogP contribution in [0.4, 0.5) is 23.7 Å². The summed E-state index contributed by atoms with van der Waals surface area (Å²) in [6.07, 6.45) is -3.87. The molecule has 0 atom stereocenters. The molecule has 1 saturated heterocycles. The van der Waals surface area contributed by atoms with Crippen LogP contribution in [0, 0.1) is 0 Å². The van der Waals surface area contributed by atoms with Crippen molar-refractivity contribution in [3.63, 3.8) is 0 Å². The number of carbonyl (C=O) groups is 1. The largest absolute Gasteiger partial charge is 0.470 e. The molecule has 7 nitrogen and oxygen atoms in total. The zero-order chi connectivity index (χ0) is 19.0. The lowest BCUT2D eigenvalue weighted by Gasteiger charge is -2.38. The number of hydrogen-bond acceptors (Lipinski definition) is 5. The van der Waals surface area contributed by atoms with E-state index in [-0.39, 0.29) is 25.9 Å². The molecule has 142 valence electrons. The lowest BCUT2D eigenvalue weighted by atomic mass is 10.2. The van der Waals surface area contributed by atoms with Crippen LogP contribution in [0.1, 0.15) is 5.56 Å². The molecule has 2 aliphatic heterocycles. The van der Waals surface area contributed by atoms with Gasteiger partial charge in [0.05, 0.1) is 13.1 Å². The highest BCUT2D eigenvalue weighted by atomic mass is 19.4. The van der Waals surface area contributed by atoms with Crippen LogP contribution >= 0.6 is 0 Å². The van der Waals surface area contributed by atoms with Crippen LogP contribution in [0.2, 0.25) is 0 Å². The van der Waals surface area contributed by atoms with E-state index in [2.05, 4.69) is 10.3 Å². The zero-order valence-corrected chi connectivity index (χ0v) is 13.8. The summed E-state index contributed by atoms with van der Waals surface area (Å²) in [4.78, 5) is 17.3. The Morgan fingerprint density at radius 3 is 2.78 bits per heavy atom. The van der Waals surface area contributed by atoms with Crippen molar-refractivity contribution in [1.82, 2.24) is 9.88 Å². The normalized spacial score (nSPS) is 16.0. The predicted octanol–water partition coefficient (Wildman–Crippen LogP) is 3.12. The molecule has 0 bridgehead atoms. The van der Waals surface area contributed by atoms with Crippen LogP contribution in [-0.2, 0) is 6.18 Å². The van der Waals surface area contributed by atoms with E-state index >= 15 is 0 Å². The molecule has 2 aromatic rings. The number of ether oxygens (including phenoxy) is 3. The number of alkyl halides is 3. The van der Waals surface area contributed by atoms with Crippen molar-refractivity contribution in [3.05, 3.63) is 42.1 Å². The molecule has 0 unspecified atom stereocenters. The number of urea groups is 1. The Balaban J connectivity index is 1.33. The van der Waals surface area contributed by atoms with Crippen LogP contribution < -0.4 is 19.5 Å². The van der Waals surface area contributed by atoms with E-state index in [1.165, 1.54) is 17.2 Å². The molecule has 4 rings (SSSR count). The molecule has 10 heteroatoms. The number of aromatic nitrogens is 1. The molecule has 2 aliphatic rings. The molecule has 0 spiro atoms. The number of likely N-dealkylation sites (tertiary alicyclic amines) is 1. The maximum Gasteiger partial charge on any atom is 0.421 e. The summed E-state index contributed by atoms with van der Waals surface area (Å²) in [5.74, 6) is 0.652. The number of nitrogens with zero attached hydrogens (tertiary/aromatic N) is 2. The van der Waals surface area contributed by atoms with Crippen LogP contribution in [0.3, 0.4) is 0 Å². The van der Waals surface area contributed by atoms with Crippen molar-refractivity contribution in [2.75, 3.05) is 25.2 Å². The Labute approximate surface area is 151 Å². The SMILES string of the molecule is O=C(Nc1ccc2c(c1)OCO2)N1CC(Oc2ncccc2C(F)(F)F)C1. The average molecular weight is 381 g/mol. The van der Waals surface area contributed by atoms with Crippen molar-refractivity contribution >= 4 is 11.7 Å². The maximum atomic E-state index is 12.9. The van der Waals surface area contributed by atoms with Crippen molar-refractivity contribution in [2.24, 2.45) is 0 Å². The van der Waals surface area contributed by atoms with Gasteiger partial charge >= 0.3 is 12.2 Å². The number of pyridine rings is 1. The number of anilines is 1. The summed E-state index contributed by atoms with van der Waals surface area (Å²) < 4.78 is 54.6. The minimum atomic E-state index is -4.55. The second-order valence-corrected chi connectivity index (χ2v) is 6.00. The van der Waals surface area contributed by atoms with Crippen molar-refractivity contribution < 1.29 is 32.2 Å². The average Bonchev–Trinajstić information content (AvgIpc) is 3.04. The van der Waals surface area contributed by atoms with Crippen molar-refractivity contribution in [2.45, 2.75) is 12.3 Å². The predicted molar refractivity (Wildman–Crippen MR) is 86.8 cm³/mol. The molecule has 1 fully saturated rings. The van der Waals surface area contributed by atoms with E-state index in [4.69, 9.17) is 14.2 Å². The number of nitrogens with one attached hydrogen (secondary N) is 1. The summed E-state index contributed by atoms with van der Waals surface area (Å²) >= 11 is 0. The fourth-order valence-electron chi connectivity index (χ4n) is 2.71. The summed E-state index contributed by atoms with van der Waals surface area (Å²) in [7, 11) is 0. The van der Waals surface area contributed by atoms with Crippen molar-refractivity contribution in [1.29, 1.82) is 0 Å². The first-order valence-electron chi connectivity index (χ1n) is 8.04. The van der Waals surface area contributed by atoms with Gasteiger partial charge in [0.15, 0.2) is 11.5 Å². The van der Waals surface area contributed by atoms with E-state index < -0.39 is 23.7 Å². The number of halogens is 3. The first-order valence-corrected chi connectivity index (χ1v) is 8.04. The maximum absolute atomic E-state index is 12.9. The lowest BCUT2D eigenvalue weighted by molar-refractivity contribution is -0.140. The summed E-state index contributed by atoms with van der Waals surface area (Å²) in [5, 5.41) is 2.69. The molecule has 1 aromatic heterocycles. The standard InChI is InChI=1S/C17H14F3N3O4/c18-17(19,20)12-2-1-5-21-15(12)27-11-7-23(8-11)16(24)22-10-3-4-13-14(6-10)26-9-25-13/h1-6,11H,7-9H2,(H,22,24). The van der Waals surface area contributed by atoms with E-state index in [0.717, 1.165) is 6.07 Å². The van der Waals surface area contributed by atoms with Gasteiger partial charge in [-0.1, -0.05) is 0 Å². The van der Waals surface area contributed by atoms with Gasteiger partial charge < -0.3 is 24.4 Å². The van der Waals surface area contributed by atoms with Crippen molar-refractivity contribution in [3.8, 4) is 17.4 Å². The second kappa shape index (κ2) is 6.53. The van der Waals surface area contributed by atoms with E-state index in [1.807, 2.05) is 0 Å². The second-order valence-electron chi connectivity index (χ2n) is 6.00. The summed E-state index contributed by atoms with van der Waals surface area (Å²) in [6.45, 7) is 0.444. The molecule has 2 amide bonds. The van der Waals surface area contributed by atoms with E-state index in [0.29, 0.717) is 17.2 Å². The van der Waals surface area contributed by atoms with Crippen LogP contribution in [0.15, 0.2) is 36.5 Å². The molecule has 27 heavy (non-hydrogen) atoms. The summed E-state index contributed by atoms with van der Waals surface area (Å²) in [6, 6.07) is 6.71. The topological polar surface area (TPSA) is 72.9 Å². The summed E-state index contributed by atoms with van der Waals surface area (Å²) in [5.41, 5.74) is -0.411. The molecule has 0 saturated carbocycles. The Morgan fingerprint density at radius 1 is 1.22 bits per heavy atom. The third kappa shape index (κ3) is 3.55. The van der Waals surface area contributed by atoms with Gasteiger partial charge in [-0.05, 0) is 24.3 Å². The van der Waals surface area contributed by atoms with Crippen LogP contribution in [-0.4, -0.2) is 41.9 Å². The highest BCUT2D eigenvalue weighted by Gasteiger charge is 2.38. The minimum absolute atomic E-state index is 0.130. The molecule has 3 heterocycles. The minimum Gasteiger partial charge on any atom is -0.470 e. The first kappa shape index (κ1) is 17.3. The number of amides is 2. The molecule has 0 aliphatic carbocycles. The Hall–Kier alpha value is -3.17. The molecule has 1 aromatic carbocycles. The van der Waals surface area contributed by atoms with E-state index in [9.17, 15) is 18.0 Å². The number of fused-ring (bicyclic) bond motifs is 1. The lowest BCUT2D eigenvalue weighted by Crippen LogP contribution is -2.57. The molecular weight excluding hydrogens is 367 g/mol. The number of hydrogen-bond donors (Lipinski definition) is 1. The van der Waals surface area contributed by atoms with Gasteiger partial charge in [-0.3, -0.25) is 0 Å². The van der Waals surface area contributed by atoms with Crippen LogP contribution in [0.5, 0.6) is 17.4 Å². The van der Waals surface area contributed by atoms with Gasteiger partial charge in [0.25, 0.3) is 0 Å². The third-order valence-corrected chi connectivity index (χ3v) is 4.11. The van der Waals surface area contributed by atoms with Gasteiger partial charge in [-0.15, -0.1) is 0 Å². The van der Waals surface area contributed by atoms with Gasteiger partial charge in [-0.2, -0.15) is 13.2 Å². The van der Waals surface area contributed by atoms with Gasteiger partial charge in [0, 0.05) is 18.0 Å². The number of rotatable bonds is 3. The van der Waals surface area contributed by atoms with Gasteiger partial charge in [0.2, 0.25) is 12.7 Å². The highest BCUT2D eigenvalue weighted by molar-refractivity contribution is 5.90.